The fourth-order valence-corrected chi connectivity index (χ4v) is 4.27. The molecule has 1 aliphatic rings. The van der Waals surface area contributed by atoms with Gasteiger partial charge in [-0.15, -0.1) is 0 Å². The number of benzene rings is 1. The third-order valence-electron chi connectivity index (χ3n) is 6.12. The molecule has 1 aliphatic heterocycles. The number of pyridine rings is 1. The van der Waals surface area contributed by atoms with Crippen molar-refractivity contribution in [1.29, 1.82) is 0 Å². The van der Waals surface area contributed by atoms with Gasteiger partial charge in [0.1, 0.15) is 5.76 Å². The minimum absolute atomic E-state index is 0.00974. The van der Waals surface area contributed by atoms with Crippen LogP contribution in [0, 0.1) is 0 Å². The Balaban J connectivity index is 1.30. The van der Waals surface area contributed by atoms with Gasteiger partial charge in [-0.05, 0) is 55.3 Å². The Morgan fingerprint density at radius 3 is 2.48 bits per heavy atom. The van der Waals surface area contributed by atoms with Crippen molar-refractivity contribution in [2.45, 2.75) is 38.4 Å². The Bertz CT molecular complexity index is 1070. The van der Waals surface area contributed by atoms with Crippen molar-refractivity contribution in [3.63, 3.8) is 0 Å². The molecule has 1 fully saturated rings. The largest absolute Gasteiger partial charge is 0.468 e. The van der Waals surface area contributed by atoms with Crippen molar-refractivity contribution < 1.29 is 4.42 Å². The van der Waals surface area contributed by atoms with E-state index >= 15 is 0 Å². The van der Waals surface area contributed by atoms with Gasteiger partial charge in [0.15, 0.2) is 5.96 Å². The summed E-state index contributed by atoms with van der Waals surface area (Å²) < 4.78 is 7.45. The summed E-state index contributed by atoms with van der Waals surface area (Å²) in [4.78, 5) is 18.8. The van der Waals surface area contributed by atoms with Gasteiger partial charge in [0.25, 0.3) is 5.56 Å². The topological polar surface area (TPSA) is 74.8 Å². The number of aromatic nitrogens is 1. The molecule has 0 radical (unpaired) electrons. The summed E-state index contributed by atoms with van der Waals surface area (Å²) >= 11 is 0. The van der Waals surface area contributed by atoms with Crippen LogP contribution < -0.4 is 16.2 Å². The normalized spacial score (nSPS) is 15.8. The van der Waals surface area contributed by atoms with Gasteiger partial charge in [-0.2, -0.15) is 0 Å². The third-order valence-corrected chi connectivity index (χ3v) is 6.12. The zero-order valence-electron chi connectivity index (χ0n) is 19.2. The second kappa shape index (κ2) is 11.5. The molecule has 2 aromatic heterocycles. The minimum atomic E-state index is 0.00974. The van der Waals surface area contributed by atoms with Gasteiger partial charge >= 0.3 is 0 Å². The van der Waals surface area contributed by atoms with Crippen LogP contribution in [0.3, 0.4) is 0 Å². The minimum Gasteiger partial charge on any atom is -0.468 e. The molecule has 0 aliphatic carbocycles. The van der Waals surface area contributed by atoms with Gasteiger partial charge in [-0.25, -0.2) is 0 Å². The van der Waals surface area contributed by atoms with E-state index in [1.165, 1.54) is 19.3 Å². The van der Waals surface area contributed by atoms with E-state index in [-0.39, 0.29) is 11.6 Å². The van der Waals surface area contributed by atoms with Gasteiger partial charge in [-0.3, -0.25) is 14.7 Å². The van der Waals surface area contributed by atoms with Crippen LogP contribution in [0.5, 0.6) is 0 Å². The van der Waals surface area contributed by atoms with E-state index in [4.69, 9.17) is 4.42 Å². The summed E-state index contributed by atoms with van der Waals surface area (Å²) in [5.41, 5.74) is 2.26. The fourth-order valence-electron chi connectivity index (χ4n) is 4.27. The van der Waals surface area contributed by atoms with Gasteiger partial charge in [-0.1, -0.05) is 36.8 Å². The lowest BCUT2D eigenvalue weighted by Crippen LogP contribution is -2.44. The molecule has 0 bridgehead atoms. The van der Waals surface area contributed by atoms with E-state index in [0.717, 1.165) is 42.5 Å². The van der Waals surface area contributed by atoms with Crippen LogP contribution in [0.25, 0.3) is 0 Å². The molecule has 174 valence electrons. The second-order valence-electron chi connectivity index (χ2n) is 8.42. The van der Waals surface area contributed by atoms with Crippen LogP contribution in [0.4, 0.5) is 0 Å². The number of aliphatic imine (C=N–C) groups is 1. The highest BCUT2D eigenvalue weighted by Crippen LogP contribution is 2.24. The molecule has 3 aromatic rings. The fraction of sp³-hybridized carbons (Fsp3) is 0.385. The van der Waals surface area contributed by atoms with Crippen molar-refractivity contribution >= 4 is 5.96 Å². The molecule has 7 heteroatoms. The Morgan fingerprint density at radius 2 is 1.79 bits per heavy atom. The van der Waals surface area contributed by atoms with Crippen LogP contribution >= 0.6 is 0 Å². The first-order valence-corrected chi connectivity index (χ1v) is 11.7. The molecule has 1 unspecified atom stereocenters. The number of nitrogens with one attached hydrogen (secondary N) is 2. The van der Waals surface area contributed by atoms with Crippen LogP contribution in [-0.2, 0) is 13.1 Å². The molecule has 1 saturated heterocycles. The smallest absolute Gasteiger partial charge is 0.250 e. The highest BCUT2D eigenvalue weighted by atomic mass is 16.3. The van der Waals surface area contributed by atoms with E-state index in [1.807, 2.05) is 18.3 Å². The molecule has 2 N–H and O–H groups in total. The second-order valence-corrected chi connectivity index (χ2v) is 8.42. The Morgan fingerprint density at radius 1 is 1.00 bits per heavy atom. The number of hydrogen-bond acceptors (Lipinski definition) is 4. The summed E-state index contributed by atoms with van der Waals surface area (Å²) in [6.07, 6.45) is 7.33. The maximum Gasteiger partial charge on any atom is 0.250 e. The van der Waals surface area contributed by atoms with Gasteiger partial charge in [0.2, 0.25) is 0 Å². The predicted octanol–water partition coefficient (Wildman–Crippen LogP) is 3.38. The van der Waals surface area contributed by atoms with Crippen molar-refractivity contribution in [1.82, 2.24) is 20.1 Å². The quantitative estimate of drug-likeness (QED) is 0.409. The molecule has 7 nitrogen and oxygen atoms in total. The highest BCUT2D eigenvalue weighted by molar-refractivity contribution is 5.79. The van der Waals surface area contributed by atoms with E-state index in [2.05, 4.69) is 50.9 Å². The van der Waals surface area contributed by atoms with E-state index in [9.17, 15) is 4.79 Å². The molecular formula is C26H33N5O2. The van der Waals surface area contributed by atoms with Gasteiger partial charge in [0.05, 0.1) is 18.8 Å². The van der Waals surface area contributed by atoms with Crippen molar-refractivity contribution in [3.8, 4) is 0 Å². The molecule has 0 saturated carbocycles. The predicted molar refractivity (Wildman–Crippen MR) is 131 cm³/mol. The third kappa shape index (κ3) is 6.35. The van der Waals surface area contributed by atoms with Gasteiger partial charge < -0.3 is 19.6 Å². The molecule has 33 heavy (non-hydrogen) atoms. The number of nitrogens with zero attached hydrogens (tertiary/aromatic N) is 3. The summed E-state index contributed by atoms with van der Waals surface area (Å²) in [5, 5.41) is 6.88. The average molecular weight is 448 g/mol. The molecule has 4 rings (SSSR count). The number of likely N-dealkylation sites (tertiary alicyclic amines) is 1. The average Bonchev–Trinajstić information content (AvgIpc) is 3.39. The zero-order chi connectivity index (χ0) is 22.9. The molecule has 1 aromatic carbocycles. The van der Waals surface area contributed by atoms with Crippen LogP contribution in [0.1, 0.15) is 42.2 Å². The molecule has 0 spiro atoms. The van der Waals surface area contributed by atoms with Crippen molar-refractivity contribution in [2.24, 2.45) is 4.99 Å². The van der Waals surface area contributed by atoms with E-state index in [0.29, 0.717) is 13.1 Å². The van der Waals surface area contributed by atoms with Crippen molar-refractivity contribution in [2.75, 3.05) is 26.7 Å². The number of guanidine groups is 1. The maximum absolute atomic E-state index is 11.9. The summed E-state index contributed by atoms with van der Waals surface area (Å²) in [7, 11) is 1.79. The first-order chi connectivity index (χ1) is 16.2. The lowest BCUT2D eigenvalue weighted by atomic mass is 10.1. The van der Waals surface area contributed by atoms with Crippen LogP contribution in [0.2, 0.25) is 0 Å². The van der Waals surface area contributed by atoms with E-state index in [1.54, 1.807) is 30.0 Å². The number of furan rings is 1. The standard InChI is InChI=1S/C26H33N5O2/c1-27-26(29-19-23(24-8-7-17-33-24)30-14-4-2-5-15-30)28-18-21-10-12-22(13-11-21)20-31-16-6-3-9-25(31)32/h3,6-13,16-17,23H,2,4-5,14-15,18-20H2,1H3,(H2,27,28,29). The Labute approximate surface area is 195 Å². The first kappa shape index (κ1) is 22.9. The van der Waals surface area contributed by atoms with Crippen molar-refractivity contribution in [3.05, 3.63) is 94.3 Å². The first-order valence-electron chi connectivity index (χ1n) is 11.7. The highest BCUT2D eigenvalue weighted by Gasteiger charge is 2.24. The molecular weight excluding hydrogens is 414 g/mol. The summed E-state index contributed by atoms with van der Waals surface area (Å²) in [6.45, 7) is 4.17. The van der Waals surface area contributed by atoms with Gasteiger partial charge in [0, 0.05) is 32.4 Å². The summed E-state index contributed by atoms with van der Waals surface area (Å²) in [5.74, 6) is 1.76. The lowest BCUT2D eigenvalue weighted by Gasteiger charge is -2.33. The molecule has 0 amide bonds. The number of hydrogen-bond donors (Lipinski definition) is 2. The summed E-state index contributed by atoms with van der Waals surface area (Å²) in [6, 6.07) is 17.7. The van der Waals surface area contributed by atoms with Crippen LogP contribution in [0.15, 0.2) is 81.3 Å². The SMILES string of the molecule is CN=C(NCc1ccc(Cn2ccccc2=O)cc1)NCC(c1ccco1)N1CCCCC1. The Kier molecular flexibility index (Phi) is 7.98. The maximum atomic E-state index is 11.9. The lowest BCUT2D eigenvalue weighted by molar-refractivity contribution is 0.146. The number of rotatable bonds is 8. The van der Waals surface area contributed by atoms with Crippen LogP contribution in [-0.4, -0.2) is 42.1 Å². The molecule has 1 atom stereocenters. The monoisotopic (exact) mass is 447 g/mol. The Hall–Kier alpha value is -3.32. The zero-order valence-corrected chi connectivity index (χ0v) is 19.2. The van der Waals surface area contributed by atoms with E-state index < -0.39 is 0 Å². The molecule has 3 heterocycles. The number of piperidine rings is 1.